The lowest BCUT2D eigenvalue weighted by atomic mass is 9.53. The van der Waals surface area contributed by atoms with E-state index in [2.05, 4.69) is 156 Å². The van der Waals surface area contributed by atoms with Crippen LogP contribution < -0.4 is 0 Å². The highest BCUT2D eigenvalue weighted by molar-refractivity contribution is 14.1. The zero-order valence-electron chi connectivity index (χ0n) is 20.0. The minimum atomic E-state index is -0.521. The molecule has 0 heterocycles. The van der Waals surface area contributed by atoms with Crippen LogP contribution in [0.15, 0.2) is 121 Å². The van der Waals surface area contributed by atoms with Crippen LogP contribution in [0, 0.1) is 15.4 Å². The van der Waals surface area contributed by atoms with E-state index >= 15 is 0 Å². The van der Waals surface area contributed by atoms with Gasteiger partial charge in [-0.3, -0.25) is 0 Å². The summed E-state index contributed by atoms with van der Waals surface area (Å²) in [5.41, 5.74) is 8.75. The average Bonchev–Trinajstić information content (AvgIpc) is 2.95. The Morgan fingerprint density at radius 2 is 1.11 bits per heavy atom. The number of benzene rings is 6. The van der Waals surface area contributed by atoms with Gasteiger partial charge in [-0.2, -0.15) is 0 Å². The molecule has 0 saturated heterocycles. The Kier molecular flexibility index (Phi) is 4.48. The smallest absolute Gasteiger partial charge is 0.0764 e. The molecule has 3 aliphatic rings. The van der Waals surface area contributed by atoms with Gasteiger partial charge in [0.1, 0.15) is 5.41 Å². The Morgan fingerprint density at radius 1 is 0.568 bits per heavy atom. The lowest BCUT2D eigenvalue weighted by Crippen LogP contribution is -2.42. The molecule has 0 nitrogen and oxygen atoms in total. The van der Waals surface area contributed by atoms with Crippen molar-refractivity contribution in [3.05, 3.63) is 164 Å². The second kappa shape index (κ2) is 7.81. The number of halogens is 1. The molecule has 0 spiro atoms. The first-order chi connectivity index (χ1) is 18.3. The van der Waals surface area contributed by atoms with Crippen LogP contribution in [0.2, 0.25) is 0 Å². The van der Waals surface area contributed by atoms with E-state index in [0.29, 0.717) is 0 Å². The summed E-state index contributed by atoms with van der Waals surface area (Å²) in [5, 5.41) is 4.87. The van der Waals surface area contributed by atoms with Crippen molar-refractivity contribution >= 4 is 44.1 Å². The van der Waals surface area contributed by atoms with E-state index in [-0.39, 0.29) is 5.92 Å². The van der Waals surface area contributed by atoms with E-state index in [1.807, 2.05) is 0 Å². The monoisotopic (exact) mass is 580 g/mol. The van der Waals surface area contributed by atoms with Crippen LogP contribution in [0.25, 0.3) is 21.5 Å². The summed E-state index contributed by atoms with van der Waals surface area (Å²) in [6.07, 6.45) is 0. The zero-order valence-corrected chi connectivity index (χ0v) is 22.2. The molecular weight excluding hydrogens is 559 g/mol. The number of hydrogen-bond donors (Lipinski definition) is 0. The second-order valence-corrected chi connectivity index (χ2v) is 11.2. The first-order valence-electron chi connectivity index (χ1n) is 12.7. The third-order valence-corrected chi connectivity index (χ3v) is 9.13. The summed E-state index contributed by atoms with van der Waals surface area (Å²) in [5.74, 6) is 8.04. The number of rotatable bonds is 0. The quantitative estimate of drug-likeness (QED) is 0.0958. The molecule has 9 rings (SSSR count). The maximum atomic E-state index is 3.98. The summed E-state index contributed by atoms with van der Waals surface area (Å²) in [7, 11) is 0. The Balaban J connectivity index is 1.54. The van der Waals surface area contributed by atoms with E-state index in [1.165, 1.54) is 58.5 Å². The lowest BCUT2D eigenvalue weighted by Gasteiger charge is -2.48. The van der Waals surface area contributed by atoms with Gasteiger partial charge in [-0.1, -0.05) is 121 Å². The fraction of sp³-hybridized carbons (Fsp3) is 0.0556. The van der Waals surface area contributed by atoms with Crippen LogP contribution in [0.3, 0.4) is 0 Å². The van der Waals surface area contributed by atoms with Gasteiger partial charge in [-0.15, -0.1) is 0 Å². The molecule has 0 saturated carbocycles. The molecule has 0 radical (unpaired) electrons. The average molecular weight is 580 g/mol. The van der Waals surface area contributed by atoms with Crippen molar-refractivity contribution in [3.8, 4) is 11.8 Å². The van der Waals surface area contributed by atoms with Gasteiger partial charge in [-0.05, 0) is 89.6 Å². The molecule has 0 N–H and O–H groups in total. The van der Waals surface area contributed by atoms with Crippen LogP contribution in [0.5, 0.6) is 0 Å². The molecule has 0 fully saturated rings. The molecule has 2 bridgehead atoms. The van der Waals surface area contributed by atoms with E-state index in [0.717, 1.165) is 5.56 Å². The summed E-state index contributed by atoms with van der Waals surface area (Å²) in [6.45, 7) is 0. The molecule has 172 valence electrons. The van der Waals surface area contributed by atoms with Gasteiger partial charge < -0.3 is 0 Å². The van der Waals surface area contributed by atoms with Crippen molar-refractivity contribution in [2.75, 3.05) is 0 Å². The highest BCUT2D eigenvalue weighted by Crippen LogP contribution is 2.59. The molecule has 37 heavy (non-hydrogen) atoms. The van der Waals surface area contributed by atoms with Crippen LogP contribution >= 0.6 is 22.6 Å². The fourth-order valence-electron chi connectivity index (χ4n) is 6.78. The van der Waals surface area contributed by atoms with Gasteiger partial charge in [0, 0.05) is 15.1 Å². The number of fused-ring (bicyclic) bond motifs is 2. The van der Waals surface area contributed by atoms with Crippen molar-refractivity contribution in [1.82, 2.24) is 0 Å². The van der Waals surface area contributed by atoms with Gasteiger partial charge in [-0.25, -0.2) is 0 Å². The summed E-state index contributed by atoms with van der Waals surface area (Å²) in [6, 6.07) is 44.2. The molecule has 6 aromatic carbocycles. The third-order valence-electron chi connectivity index (χ3n) is 8.23. The summed E-state index contributed by atoms with van der Waals surface area (Å²) >= 11 is 2.52. The minimum absolute atomic E-state index is 0.249. The fourth-order valence-corrected chi connectivity index (χ4v) is 7.70. The lowest BCUT2D eigenvalue weighted by molar-refractivity contribution is 0.662. The Hall–Kier alpha value is -3.87. The Morgan fingerprint density at radius 3 is 1.76 bits per heavy atom. The van der Waals surface area contributed by atoms with Crippen molar-refractivity contribution in [1.29, 1.82) is 0 Å². The molecule has 0 amide bonds. The molecule has 0 aromatic heterocycles. The van der Waals surface area contributed by atoms with E-state index in [9.17, 15) is 0 Å². The van der Waals surface area contributed by atoms with Crippen molar-refractivity contribution < 1.29 is 0 Å². The Bertz CT molecular complexity index is 1870. The predicted molar refractivity (Wildman–Crippen MR) is 161 cm³/mol. The SMILES string of the molecule is Ic1cccc2c1C1(C#Cc3c4ccccc4cc4ccccc34)c3ccccc3C2c2ccccc21. The molecule has 0 atom stereocenters. The molecule has 6 aromatic rings. The number of hydrogen-bond acceptors (Lipinski definition) is 0. The van der Waals surface area contributed by atoms with Crippen molar-refractivity contribution in [2.45, 2.75) is 11.3 Å². The van der Waals surface area contributed by atoms with Crippen LogP contribution in [-0.2, 0) is 5.41 Å². The van der Waals surface area contributed by atoms with Crippen molar-refractivity contribution in [2.24, 2.45) is 0 Å². The van der Waals surface area contributed by atoms with E-state index in [4.69, 9.17) is 0 Å². The highest BCUT2D eigenvalue weighted by Gasteiger charge is 2.51. The van der Waals surface area contributed by atoms with Crippen LogP contribution in [0.1, 0.15) is 44.9 Å². The molecule has 0 unspecified atom stereocenters. The standard InChI is InChI=1S/C36H21I/c37-33-19-9-16-30-34-28-14-5-7-17-31(28)36(35(30)33,32-18-8-6-15-29(32)34)21-20-27-25-12-3-1-10-23(25)22-24-11-2-4-13-26(24)27/h1-19,22,34H. The Labute approximate surface area is 230 Å². The first kappa shape index (κ1) is 21.2. The van der Waals surface area contributed by atoms with Crippen LogP contribution in [-0.4, -0.2) is 0 Å². The largest absolute Gasteiger partial charge is 0.108 e. The van der Waals surface area contributed by atoms with Gasteiger partial charge in [0.2, 0.25) is 0 Å². The van der Waals surface area contributed by atoms with Crippen LogP contribution in [0.4, 0.5) is 0 Å². The normalized spacial score (nSPS) is 18.6. The van der Waals surface area contributed by atoms with E-state index < -0.39 is 5.41 Å². The molecular formula is C36H21I. The third kappa shape index (κ3) is 2.80. The summed E-state index contributed by atoms with van der Waals surface area (Å²) in [4.78, 5) is 0. The zero-order chi connectivity index (χ0) is 24.6. The molecule has 0 aliphatic heterocycles. The minimum Gasteiger partial charge on any atom is -0.0764 e. The molecule has 1 heteroatoms. The first-order valence-corrected chi connectivity index (χ1v) is 13.8. The topological polar surface area (TPSA) is 0 Å². The van der Waals surface area contributed by atoms with Gasteiger partial charge in [0.05, 0.1) is 0 Å². The highest BCUT2D eigenvalue weighted by atomic mass is 127. The molecule has 3 aliphatic carbocycles. The maximum Gasteiger partial charge on any atom is 0.108 e. The predicted octanol–water partition coefficient (Wildman–Crippen LogP) is 8.79. The van der Waals surface area contributed by atoms with Gasteiger partial charge in [0.15, 0.2) is 0 Å². The second-order valence-electron chi connectivity index (χ2n) is 10.0. The van der Waals surface area contributed by atoms with Crippen molar-refractivity contribution in [3.63, 3.8) is 0 Å². The van der Waals surface area contributed by atoms with Gasteiger partial charge >= 0.3 is 0 Å². The maximum absolute atomic E-state index is 3.98. The summed E-state index contributed by atoms with van der Waals surface area (Å²) < 4.78 is 1.28. The van der Waals surface area contributed by atoms with E-state index in [1.54, 1.807) is 0 Å². The van der Waals surface area contributed by atoms with Gasteiger partial charge in [0.25, 0.3) is 0 Å².